The van der Waals surface area contributed by atoms with Crippen LogP contribution in [0.3, 0.4) is 0 Å². The van der Waals surface area contributed by atoms with Crippen LogP contribution in [0.4, 0.5) is 0 Å². The van der Waals surface area contributed by atoms with Crippen molar-refractivity contribution in [2.24, 2.45) is 17.3 Å². The van der Waals surface area contributed by atoms with Crippen LogP contribution in [-0.2, 0) is 33.3 Å². The summed E-state index contributed by atoms with van der Waals surface area (Å²) >= 11 is 0. The van der Waals surface area contributed by atoms with Crippen LogP contribution in [-0.4, -0.2) is 59.3 Å². The molecule has 8 nitrogen and oxygen atoms in total. The smallest absolute Gasteiger partial charge is 0.302 e. The second-order valence-electron chi connectivity index (χ2n) is 12.7. The van der Waals surface area contributed by atoms with E-state index in [0.29, 0.717) is 19.3 Å². The summed E-state index contributed by atoms with van der Waals surface area (Å²) in [4.78, 5) is 39.8. The molecule has 0 amide bonds. The maximum Gasteiger partial charge on any atom is 0.302 e. The minimum Gasteiger partial charge on any atom is -0.492 e. The lowest BCUT2D eigenvalue weighted by Crippen LogP contribution is -2.58. The average molecular weight is 545 g/mol. The molecule has 1 saturated heterocycles. The Labute approximate surface area is 231 Å². The third-order valence-electron chi connectivity index (χ3n) is 9.49. The number of ether oxygens (including phenoxy) is 4. The highest BCUT2D eigenvalue weighted by atomic mass is 16.5. The van der Waals surface area contributed by atoms with Gasteiger partial charge in [0, 0.05) is 18.3 Å². The molecule has 4 aliphatic rings. The van der Waals surface area contributed by atoms with E-state index in [1.54, 1.807) is 20.8 Å². The summed E-state index contributed by atoms with van der Waals surface area (Å²) in [6.45, 7) is 14.7. The number of methoxy groups -OCH3 is 1. The fourth-order valence-electron chi connectivity index (χ4n) is 7.00. The molecule has 39 heavy (non-hydrogen) atoms. The minimum atomic E-state index is -0.953. The van der Waals surface area contributed by atoms with E-state index < -0.39 is 46.2 Å². The van der Waals surface area contributed by atoms with Crippen LogP contribution < -0.4 is 0 Å². The van der Waals surface area contributed by atoms with Gasteiger partial charge >= 0.3 is 5.97 Å². The summed E-state index contributed by atoms with van der Waals surface area (Å²) in [5, 5.41) is 10.6. The van der Waals surface area contributed by atoms with Crippen molar-refractivity contribution in [3.8, 4) is 0 Å². The highest BCUT2D eigenvalue weighted by Crippen LogP contribution is 2.57. The predicted molar refractivity (Wildman–Crippen MR) is 144 cm³/mol. The van der Waals surface area contributed by atoms with Gasteiger partial charge in [-0.2, -0.15) is 0 Å². The molecule has 2 aliphatic carbocycles. The van der Waals surface area contributed by atoms with Crippen LogP contribution in [0.15, 0.2) is 34.3 Å². The lowest BCUT2D eigenvalue weighted by atomic mass is 9.58. The lowest BCUT2D eigenvalue weighted by Gasteiger charge is -2.57. The molecule has 8 heteroatoms. The highest BCUT2D eigenvalue weighted by Gasteiger charge is 2.58. The molecule has 7 atom stereocenters. The van der Waals surface area contributed by atoms with Gasteiger partial charge in [-0.15, -0.1) is 0 Å². The number of rotatable bonds is 7. The molecule has 1 saturated carbocycles. The Balaban J connectivity index is 1.75. The second-order valence-corrected chi connectivity index (χ2v) is 12.7. The van der Waals surface area contributed by atoms with E-state index in [9.17, 15) is 19.5 Å². The molecular weight excluding hydrogens is 500 g/mol. The van der Waals surface area contributed by atoms with E-state index in [2.05, 4.69) is 6.92 Å². The van der Waals surface area contributed by atoms with Gasteiger partial charge in [-0.25, -0.2) is 0 Å². The molecule has 2 aliphatic heterocycles. The number of aliphatic hydroxyl groups is 1. The Hall–Kier alpha value is -2.45. The first kappa shape index (κ1) is 29.5. The van der Waals surface area contributed by atoms with Crippen molar-refractivity contribution in [2.75, 3.05) is 7.11 Å². The van der Waals surface area contributed by atoms with Gasteiger partial charge in [-0.05, 0) is 64.0 Å². The molecule has 0 aromatic rings. The van der Waals surface area contributed by atoms with Crippen molar-refractivity contribution in [2.45, 2.75) is 117 Å². The molecule has 216 valence electrons. The number of fused-ring (bicyclic) bond motifs is 3. The van der Waals surface area contributed by atoms with Crippen molar-refractivity contribution in [3.05, 3.63) is 34.3 Å². The normalized spacial score (nSPS) is 33.2. The summed E-state index contributed by atoms with van der Waals surface area (Å²) in [7, 11) is 1.38. The van der Waals surface area contributed by atoms with Crippen LogP contribution in [0, 0.1) is 17.3 Å². The van der Waals surface area contributed by atoms with Crippen LogP contribution in [0.5, 0.6) is 0 Å². The van der Waals surface area contributed by atoms with Gasteiger partial charge in [0.2, 0.25) is 11.6 Å². The van der Waals surface area contributed by atoms with Gasteiger partial charge in [0.15, 0.2) is 11.5 Å². The predicted octanol–water partition coefficient (Wildman–Crippen LogP) is 4.74. The largest absolute Gasteiger partial charge is 0.492 e. The Morgan fingerprint density at radius 1 is 1.18 bits per heavy atom. The molecule has 0 aromatic carbocycles. The Bertz CT molecular complexity index is 1150. The van der Waals surface area contributed by atoms with E-state index in [1.165, 1.54) is 14.0 Å². The fourth-order valence-corrected chi connectivity index (χ4v) is 7.00. The minimum absolute atomic E-state index is 0.0322. The lowest BCUT2D eigenvalue weighted by molar-refractivity contribution is -0.196. The second kappa shape index (κ2) is 10.2. The Morgan fingerprint density at radius 2 is 1.85 bits per heavy atom. The third-order valence-corrected chi connectivity index (χ3v) is 9.49. The topological polar surface area (TPSA) is 108 Å². The van der Waals surface area contributed by atoms with Crippen molar-refractivity contribution in [3.63, 3.8) is 0 Å². The summed E-state index contributed by atoms with van der Waals surface area (Å²) < 4.78 is 24.2. The van der Waals surface area contributed by atoms with E-state index in [0.717, 1.165) is 18.4 Å². The maximum atomic E-state index is 14.1. The first-order chi connectivity index (χ1) is 18.1. The van der Waals surface area contributed by atoms with Gasteiger partial charge in [0.25, 0.3) is 0 Å². The molecule has 1 N–H and O–H groups in total. The monoisotopic (exact) mass is 544 g/mol. The van der Waals surface area contributed by atoms with Crippen LogP contribution >= 0.6 is 0 Å². The maximum absolute atomic E-state index is 14.1. The zero-order valence-corrected chi connectivity index (χ0v) is 24.8. The summed E-state index contributed by atoms with van der Waals surface area (Å²) in [5.41, 5.74) is -0.842. The summed E-state index contributed by atoms with van der Waals surface area (Å²) in [6.07, 6.45) is 4.26. The highest BCUT2D eigenvalue weighted by molar-refractivity contribution is 6.25. The molecular formula is C31H44O8. The number of hydrogen-bond acceptors (Lipinski definition) is 8. The van der Waals surface area contributed by atoms with Crippen molar-refractivity contribution >= 4 is 17.5 Å². The van der Waals surface area contributed by atoms with E-state index in [-0.39, 0.29) is 40.8 Å². The van der Waals surface area contributed by atoms with Gasteiger partial charge in [-0.3, -0.25) is 14.4 Å². The summed E-state index contributed by atoms with van der Waals surface area (Å²) in [5.74, 6) is -1.88. The Kier molecular flexibility index (Phi) is 7.71. The number of esters is 1. The first-order valence-corrected chi connectivity index (χ1v) is 14.2. The zero-order chi connectivity index (χ0) is 29.1. The van der Waals surface area contributed by atoms with Gasteiger partial charge in [-0.1, -0.05) is 34.1 Å². The quantitative estimate of drug-likeness (QED) is 0.362. The number of allylic oxidation sites excluding steroid dienone is 3. The number of hydrogen-bond donors (Lipinski definition) is 1. The molecule has 0 aromatic heterocycles. The van der Waals surface area contributed by atoms with E-state index >= 15 is 0 Å². The van der Waals surface area contributed by atoms with Gasteiger partial charge in [0.1, 0.15) is 11.7 Å². The van der Waals surface area contributed by atoms with Crippen LogP contribution in [0.1, 0.15) is 87.5 Å². The molecule has 2 heterocycles. The number of ketones is 2. The van der Waals surface area contributed by atoms with Crippen LogP contribution in [0.2, 0.25) is 0 Å². The molecule has 0 spiro atoms. The molecule has 0 unspecified atom stereocenters. The van der Waals surface area contributed by atoms with Crippen LogP contribution in [0.25, 0.3) is 0 Å². The molecule has 0 bridgehead atoms. The summed E-state index contributed by atoms with van der Waals surface area (Å²) in [6, 6.07) is 0. The van der Waals surface area contributed by atoms with Crippen molar-refractivity contribution < 1.29 is 38.4 Å². The molecule has 2 fully saturated rings. The fraction of sp³-hybridized carbons (Fsp3) is 0.710. The van der Waals surface area contributed by atoms with Gasteiger partial charge < -0.3 is 24.1 Å². The van der Waals surface area contributed by atoms with E-state index in [1.807, 2.05) is 26.8 Å². The Morgan fingerprint density at radius 3 is 2.41 bits per heavy atom. The number of carbonyl (C=O) groups is 3. The third kappa shape index (κ3) is 4.88. The standard InChI is InChI=1S/C31H44O8/c1-10-16(2)26(37-18(4)32)17(3)23-25(34)27-19(24(33)28(23)36-9)15-20-30(7)13-11-21(29(5,6)35)38-22(30)12-14-31(20,8)39-27/h15-17,21-22,26,35H,10-14H2,1-9H3/t16-,17-,21+,22+,26+,30+,31+/m1/s1. The molecule has 0 radical (unpaired) electrons. The number of carbonyl (C=O) groups excluding carboxylic acids is 3. The molecule has 4 rings (SSSR count). The number of Topliss-reactive ketones (excluding diaryl/α,β-unsaturated/α-hetero) is 2. The average Bonchev–Trinajstić information content (AvgIpc) is 2.86. The van der Waals surface area contributed by atoms with Crippen molar-refractivity contribution in [1.29, 1.82) is 0 Å². The first-order valence-electron chi connectivity index (χ1n) is 14.2. The van der Waals surface area contributed by atoms with Gasteiger partial charge in [0.05, 0.1) is 36.1 Å². The SMILES string of the molecule is CC[C@@H](C)[C@H](OC(C)=O)[C@H](C)C1=C(OC)C(=O)C2=C(O[C@@]3(C)CC[C@@H]4O[C@H](C(C)(C)O)CC[C@@]4(C)C3=C2)C1=O. The van der Waals surface area contributed by atoms with Crippen molar-refractivity contribution in [1.82, 2.24) is 0 Å². The zero-order valence-electron chi connectivity index (χ0n) is 24.8. The van der Waals surface area contributed by atoms with E-state index in [4.69, 9.17) is 18.9 Å².